The number of ether oxygens (including phenoxy) is 1. The number of alkyl halides is 3. The van der Waals surface area contributed by atoms with Crippen LogP contribution in [0.5, 0.6) is 5.75 Å². The van der Waals surface area contributed by atoms with E-state index in [4.69, 9.17) is 16.3 Å². The van der Waals surface area contributed by atoms with Crippen molar-refractivity contribution in [3.8, 4) is 5.75 Å². The third kappa shape index (κ3) is 7.18. The van der Waals surface area contributed by atoms with Crippen molar-refractivity contribution in [3.05, 3.63) is 52.7 Å². The van der Waals surface area contributed by atoms with Crippen molar-refractivity contribution in [3.63, 3.8) is 0 Å². The number of anilines is 1. The molecule has 0 radical (unpaired) electrons. The standard InChI is InChI=1S/C30H38ClF3N4O5/c1-36(28(41)29(42,30(32,33)34)22-6-3-7-23(17-22)43-2)13-4-5-20-10-14-37(15-11-20)25-9-8-24(26(31)35-25)27(40)38-16-12-21(18-38)19-39/h3,6-9,17,20-21,39,42H,4-5,10-16,18-19H2,1-2H3/t21-,29+/m0/s1. The predicted molar refractivity (Wildman–Crippen MR) is 155 cm³/mol. The summed E-state index contributed by atoms with van der Waals surface area (Å²) in [6.07, 6.45) is -1.63. The van der Waals surface area contributed by atoms with Crippen molar-refractivity contribution < 1.29 is 37.7 Å². The first-order valence-corrected chi connectivity index (χ1v) is 14.8. The number of pyridine rings is 1. The largest absolute Gasteiger partial charge is 0.497 e. The van der Waals surface area contributed by atoms with E-state index in [-0.39, 0.29) is 35.9 Å². The van der Waals surface area contributed by atoms with E-state index < -0.39 is 23.2 Å². The van der Waals surface area contributed by atoms with Gasteiger partial charge in [-0.05, 0) is 62.3 Å². The molecule has 13 heteroatoms. The lowest BCUT2D eigenvalue weighted by Crippen LogP contribution is -2.55. The predicted octanol–water partition coefficient (Wildman–Crippen LogP) is 4.10. The number of hydrogen-bond acceptors (Lipinski definition) is 7. The molecule has 0 unspecified atom stereocenters. The second-order valence-electron chi connectivity index (χ2n) is 11.3. The molecule has 2 atom stereocenters. The molecule has 2 aliphatic heterocycles. The van der Waals surface area contributed by atoms with Crippen molar-refractivity contribution in [2.45, 2.75) is 43.9 Å². The van der Waals surface area contributed by atoms with E-state index in [9.17, 15) is 33.0 Å². The average Bonchev–Trinajstić information content (AvgIpc) is 3.49. The molecule has 1 aromatic heterocycles. The van der Waals surface area contributed by atoms with Crippen molar-refractivity contribution in [2.75, 3.05) is 58.4 Å². The van der Waals surface area contributed by atoms with Crippen molar-refractivity contribution in [1.29, 1.82) is 0 Å². The maximum absolute atomic E-state index is 14.0. The van der Waals surface area contributed by atoms with Gasteiger partial charge >= 0.3 is 6.18 Å². The molecule has 4 rings (SSSR count). The van der Waals surface area contributed by atoms with E-state index in [2.05, 4.69) is 9.88 Å². The lowest BCUT2D eigenvalue weighted by molar-refractivity contribution is -0.261. The zero-order valence-corrected chi connectivity index (χ0v) is 25.1. The minimum Gasteiger partial charge on any atom is -0.497 e. The van der Waals surface area contributed by atoms with Gasteiger partial charge in [-0.25, -0.2) is 4.98 Å². The van der Waals surface area contributed by atoms with Crippen LogP contribution in [0.25, 0.3) is 0 Å². The lowest BCUT2D eigenvalue weighted by atomic mass is 9.90. The van der Waals surface area contributed by atoms with E-state index in [1.165, 1.54) is 26.3 Å². The number of hydrogen-bond donors (Lipinski definition) is 2. The van der Waals surface area contributed by atoms with Crippen LogP contribution in [0.1, 0.15) is 48.0 Å². The third-order valence-electron chi connectivity index (χ3n) is 8.49. The Labute approximate surface area is 254 Å². The summed E-state index contributed by atoms with van der Waals surface area (Å²) >= 11 is 6.40. The van der Waals surface area contributed by atoms with Gasteiger partial charge in [0.25, 0.3) is 17.4 Å². The normalized spacial score (nSPS) is 19.3. The molecule has 0 spiro atoms. The fourth-order valence-electron chi connectivity index (χ4n) is 5.80. The number of rotatable bonds is 10. The molecule has 9 nitrogen and oxygen atoms in total. The van der Waals surface area contributed by atoms with Crippen LogP contribution in [-0.4, -0.2) is 96.5 Å². The monoisotopic (exact) mass is 626 g/mol. The summed E-state index contributed by atoms with van der Waals surface area (Å²) in [7, 11) is 2.55. The number of carbonyl (C=O) groups excluding carboxylic acids is 2. The Balaban J connectivity index is 1.28. The van der Waals surface area contributed by atoms with Crippen molar-refractivity contribution in [1.82, 2.24) is 14.8 Å². The molecule has 0 aliphatic carbocycles. The Morgan fingerprint density at radius 1 is 1.12 bits per heavy atom. The zero-order chi connectivity index (χ0) is 31.4. The first-order valence-electron chi connectivity index (χ1n) is 14.4. The summed E-state index contributed by atoms with van der Waals surface area (Å²) in [6, 6.07) is 8.27. The molecular weight excluding hydrogens is 589 g/mol. The Kier molecular flexibility index (Phi) is 10.4. The number of likely N-dealkylation sites (tertiary alicyclic amines) is 1. The number of methoxy groups -OCH3 is 1. The van der Waals surface area contributed by atoms with Crippen molar-refractivity contribution in [2.24, 2.45) is 11.8 Å². The number of carbonyl (C=O) groups is 2. The first kappa shape index (κ1) is 32.8. The van der Waals surface area contributed by atoms with Crippen molar-refractivity contribution >= 4 is 29.2 Å². The van der Waals surface area contributed by atoms with Crippen LogP contribution in [0.15, 0.2) is 36.4 Å². The Morgan fingerprint density at radius 2 is 1.81 bits per heavy atom. The molecule has 0 saturated carbocycles. The molecule has 2 amide bonds. The summed E-state index contributed by atoms with van der Waals surface area (Å²) in [5.74, 6) is -0.471. The van der Waals surface area contributed by atoms with E-state index in [1.807, 2.05) is 0 Å². The highest BCUT2D eigenvalue weighted by Gasteiger charge is 2.61. The average molecular weight is 627 g/mol. The van der Waals surface area contributed by atoms with E-state index in [1.54, 1.807) is 17.0 Å². The number of aliphatic hydroxyl groups is 2. The van der Waals surface area contributed by atoms with Gasteiger partial charge in [0.1, 0.15) is 16.7 Å². The van der Waals surface area contributed by atoms with Gasteiger partial charge in [-0.15, -0.1) is 0 Å². The molecular formula is C30H38ClF3N4O5. The van der Waals surface area contributed by atoms with E-state index >= 15 is 0 Å². The van der Waals surface area contributed by atoms with Crippen LogP contribution in [0, 0.1) is 11.8 Å². The number of benzene rings is 1. The second kappa shape index (κ2) is 13.7. The number of piperidine rings is 1. The molecule has 1 aromatic carbocycles. The van der Waals surface area contributed by atoms with Gasteiger partial charge < -0.3 is 29.6 Å². The molecule has 2 saturated heterocycles. The number of likely N-dealkylation sites (N-methyl/N-ethyl adjacent to an activating group) is 1. The molecule has 236 valence electrons. The molecule has 43 heavy (non-hydrogen) atoms. The van der Waals surface area contributed by atoms with E-state index in [0.29, 0.717) is 56.3 Å². The number of aliphatic hydroxyl groups excluding tert-OH is 1. The smallest absolute Gasteiger partial charge is 0.430 e. The summed E-state index contributed by atoms with van der Waals surface area (Å²) in [4.78, 5) is 35.0. The summed E-state index contributed by atoms with van der Waals surface area (Å²) in [6.45, 7) is 2.57. The van der Waals surface area contributed by atoms with Crippen LogP contribution in [0.3, 0.4) is 0 Å². The highest BCUT2D eigenvalue weighted by atomic mass is 35.5. The molecule has 2 aromatic rings. The van der Waals surface area contributed by atoms with Gasteiger partial charge in [-0.1, -0.05) is 23.7 Å². The van der Waals surface area contributed by atoms with Crippen LogP contribution in [-0.2, 0) is 10.4 Å². The molecule has 3 heterocycles. The Morgan fingerprint density at radius 3 is 2.42 bits per heavy atom. The number of aromatic nitrogens is 1. The highest BCUT2D eigenvalue weighted by molar-refractivity contribution is 6.32. The lowest BCUT2D eigenvalue weighted by Gasteiger charge is -2.34. The number of halogens is 4. The first-order chi connectivity index (χ1) is 20.4. The van der Waals surface area contributed by atoms with Crippen LogP contribution in [0.2, 0.25) is 5.15 Å². The highest BCUT2D eigenvalue weighted by Crippen LogP contribution is 2.41. The topological polar surface area (TPSA) is 106 Å². The van der Waals surface area contributed by atoms with Gasteiger partial charge in [0.15, 0.2) is 0 Å². The van der Waals surface area contributed by atoms with Gasteiger partial charge in [0, 0.05) is 57.9 Å². The zero-order valence-electron chi connectivity index (χ0n) is 24.3. The Bertz CT molecular complexity index is 1290. The van der Waals surface area contributed by atoms with Crippen LogP contribution in [0.4, 0.5) is 19.0 Å². The van der Waals surface area contributed by atoms with Crippen LogP contribution < -0.4 is 9.64 Å². The summed E-state index contributed by atoms with van der Waals surface area (Å²) in [5.41, 5.74) is -3.95. The minimum absolute atomic E-state index is 0.0468. The van der Waals surface area contributed by atoms with Gasteiger partial charge in [-0.3, -0.25) is 9.59 Å². The second-order valence-corrected chi connectivity index (χ2v) is 11.7. The quantitative estimate of drug-likeness (QED) is 0.383. The molecule has 0 bridgehead atoms. The van der Waals surface area contributed by atoms with E-state index in [0.717, 1.165) is 36.3 Å². The SMILES string of the molecule is COc1cccc([C@@](O)(C(=O)N(C)CCCC2CCN(c3ccc(C(=O)N4CC[C@H](CO)C4)c(Cl)n3)CC2)C(F)(F)F)c1. The molecule has 2 N–H and O–H groups in total. The van der Waals surface area contributed by atoms with Gasteiger partial charge in [0.05, 0.1) is 12.7 Å². The summed E-state index contributed by atoms with van der Waals surface area (Å²) in [5, 5.41) is 20.2. The fraction of sp³-hybridized carbons (Fsp3) is 0.567. The maximum atomic E-state index is 14.0. The van der Waals surface area contributed by atoms with Gasteiger partial charge in [-0.2, -0.15) is 13.2 Å². The minimum atomic E-state index is -5.23. The molecule has 2 aliphatic rings. The summed E-state index contributed by atoms with van der Waals surface area (Å²) < 4.78 is 47.1. The number of nitrogens with zero attached hydrogens (tertiary/aromatic N) is 4. The third-order valence-corrected chi connectivity index (χ3v) is 8.78. The fourth-order valence-corrected chi connectivity index (χ4v) is 6.03. The maximum Gasteiger partial charge on any atom is 0.430 e. The Hall–Kier alpha value is -3.09. The molecule has 2 fully saturated rings. The van der Waals surface area contributed by atoms with Gasteiger partial charge in [0.2, 0.25) is 0 Å². The van der Waals surface area contributed by atoms with Crippen LogP contribution >= 0.6 is 11.6 Å². The number of amides is 2.